The second kappa shape index (κ2) is 9.61. The van der Waals surface area contributed by atoms with Gasteiger partial charge in [0.15, 0.2) is 5.16 Å². The van der Waals surface area contributed by atoms with Gasteiger partial charge in [-0.2, -0.15) is 0 Å². The largest absolute Gasteiger partial charge is 0.465 e. The lowest BCUT2D eigenvalue weighted by Gasteiger charge is -2.11. The molecule has 11 heteroatoms. The maximum atomic E-state index is 12.6. The Balaban J connectivity index is 1.72. The molecule has 0 aliphatic heterocycles. The Morgan fingerprint density at radius 1 is 1.30 bits per heavy atom. The summed E-state index contributed by atoms with van der Waals surface area (Å²) in [4.78, 5) is 36.5. The Bertz CT molecular complexity index is 963. The van der Waals surface area contributed by atoms with E-state index in [1.54, 1.807) is 6.92 Å². The maximum absolute atomic E-state index is 12.6. The standard InChI is InChI=1S/C19H25N5O4S2/c1-4-24-16(11-7-5-6-8-11)22-23-19(24)29-9-12(25)21-17-13(18(27)28-3)10(2)14(30-17)15(20)26/h11H,4-9H2,1-3H3,(H2,20,26)(H,21,25). The molecule has 0 unspecified atom stereocenters. The van der Waals surface area contributed by atoms with E-state index in [0.717, 1.165) is 36.5 Å². The molecule has 0 saturated heterocycles. The van der Waals surface area contributed by atoms with Crippen molar-refractivity contribution in [2.45, 2.75) is 57.1 Å². The fourth-order valence-electron chi connectivity index (χ4n) is 3.67. The van der Waals surface area contributed by atoms with Gasteiger partial charge in [0, 0.05) is 12.5 Å². The Kier molecular flexibility index (Phi) is 7.14. The van der Waals surface area contributed by atoms with Crippen molar-refractivity contribution in [2.24, 2.45) is 5.73 Å². The first-order valence-corrected chi connectivity index (χ1v) is 11.5. The molecular weight excluding hydrogens is 426 g/mol. The molecule has 3 rings (SSSR count). The van der Waals surface area contributed by atoms with Crippen molar-refractivity contribution >= 4 is 45.9 Å². The number of primary amides is 1. The lowest BCUT2D eigenvalue weighted by Crippen LogP contribution is -2.16. The van der Waals surface area contributed by atoms with E-state index in [1.807, 2.05) is 6.92 Å². The Hall–Kier alpha value is -2.40. The number of amides is 2. The monoisotopic (exact) mass is 451 g/mol. The molecule has 1 aliphatic carbocycles. The van der Waals surface area contributed by atoms with Gasteiger partial charge in [0.2, 0.25) is 5.91 Å². The first-order chi connectivity index (χ1) is 14.4. The number of nitrogens with one attached hydrogen (secondary N) is 1. The average molecular weight is 452 g/mol. The number of ether oxygens (including phenoxy) is 1. The van der Waals surface area contributed by atoms with Crippen molar-refractivity contribution in [3.05, 3.63) is 21.8 Å². The molecule has 0 aromatic carbocycles. The van der Waals surface area contributed by atoms with E-state index in [4.69, 9.17) is 10.5 Å². The number of rotatable bonds is 8. The molecule has 1 aliphatic rings. The summed E-state index contributed by atoms with van der Waals surface area (Å²) in [7, 11) is 1.24. The summed E-state index contributed by atoms with van der Waals surface area (Å²) in [5.41, 5.74) is 5.92. The van der Waals surface area contributed by atoms with Crippen LogP contribution < -0.4 is 11.1 Å². The predicted octanol–water partition coefficient (Wildman–Crippen LogP) is 2.94. The second-order valence-corrected chi connectivity index (χ2v) is 8.98. The summed E-state index contributed by atoms with van der Waals surface area (Å²) >= 11 is 2.26. The number of nitrogens with two attached hydrogens (primary N) is 1. The Morgan fingerprint density at radius 2 is 2.00 bits per heavy atom. The van der Waals surface area contributed by atoms with Gasteiger partial charge < -0.3 is 20.4 Å². The molecule has 0 atom stereocenters. The van der Waals surface area contributed by atoms with Crippen LogP contribution in [0.2, 0.25) is 0 Å². The van der Waals surface area contributed by atoms with Crippen LogP contribution in [0.3, 0.4) is 0 Å². The number of anilines is 1. The third kappa shape index (κ3) is 4.51. The molecule has 0 spiro atoms. The summed E-state index contributed by atoms with van der Waals surface area (Å²) in [6.45, 7) is 4.37. The lowest BCUT2D eigenvalue weighted by molar-refractivity contribution is -0.113. The normalized spacial score (nSPS) is 14.1. The minimum absolute atomic E-state index is 0.0895. The zero-order valence-electron chi connectivity index (χ0n) is 17.2. The Morgan fingerprint density at radius 3 is 2.60 bits per heavy atom. The van der Waals surface area contributed by atoms with Gasteiger partial charge >= 0.3 is 5.97 Å². The number of carbonyl (C=O) groups is 3. The molecule has 162 valence electrons. The molecule has 2 aromatic rings. The molecule has 2 heterocycles. The first-order valence-electron chi connectivity index (χ1n) is 9.74. The molecule has 30 heavy (non-hydrogen) atoms. The molecule has 1 fully saturated rings. The van der Waals surface area contributed by atoms with Crippen molar-refractivity contribution in [2.75, 3.05) is 18.2 Å². The molecule has 0 radical (unpaired) electrons. The molecule has 3 N–H and O–H groups in total. The van der Waals surface area contributed by atoms with Crippen LogP contribution in [0.4, 0.5) is 5.00 Å². The van der Waals surface area contributed by atoms with Gasteiger partial charge in [0.05, 0.1) is 23.3 Å². The molecule has 1 saturated carbocycles. The Labute approximate surface area is 182 Å². The summed E-state index contributed by atoms with van der Waals surface area (Å²) in [5.74, 6) is -0.100. The first kappa shape index (κ1) is 22.3. The van der Waals surface area contributed by atoms with Gasteiger partial charge in [-0.05, 0) is 32.3 Å². The van der Waals surface area contributed by atoms with Crippen molar-refractivity contribution in [1.82, 2.24) is 14.8 Å². The van der Waals surface area contributed by atoms with Crippen LogP contribution in [0.25, 0.3) is 0 Å². The van der Waals surface area contributed by atoms with Crippen LogP contribution in [0.5, 0.6) is 0 Å². The van der Waals surface area contributed by atoms with E-state index in [0.29, 0.717) is 16.6 Å². The van der Waals surface area contributed by atoms with Gasteiger partial charge in [-0.15, -0.1) is 21.5 Å². The minimum atomic E-state index is -0.659. The van der Waals surface area contributed by atoms with Gasteiger partial charge in [0.25, 0.3) is 5.91 Å². The van der Waals surface area contributed by atoms with Crippen molar-refractivity contribution in [1.29, 1.82) is 0 Å². The summed E-state index contributed by atoms with van der Waals surface area (Å²) < 4.78 is 6.84. The average Bonchev–Trinajstić information content (AvgIpc) is 3.44. The summed E-state index contributed by atoms with van der Waals surface area (Å²) in [5, 5.41) is 12.3. The maximum Gasteiger partial charge on any atom is 0.341 e. The highest BCUT2D eigenvalue weighted by atomic mass is 32.2. The fourth-order valence-corrected chi connectivity index (χ4v) is 5.54. The van der Waals surface area contributed by atoms with Gasteiger partial charge in [0.1, 0.15) is 10.8 Å². The van der Waals surface area contributed by atoms with Crippen LogP contribution >= 0.6 is 23.1 Å². The van der Waals surface area contributed by atoms with Crippen molar-refractivity contribution < 1.29 is 19.1 Å². The predicted molar refractivity (Wildman–Crippen MR) is 115 cm³/mol. The molecule has 0 bridgehead atoms. The van der Waals surface area contributed by atoms with Crippen LogP contribution in [0, 0.1) is 6.92 Å². The number of aromatic nitrogens is 3. The number of hydrogen-bond donors (Lipinski definition) is 2. The zero-order valence-corrected chi connectivity index (χ0v) is 18.8. The quantitative estimate of drug-likeness (QED) is 0.466. The number of thiophene rings is 1. The lowest BCUT2D eigenvalue weighted by atomic mass is 10.1. The number of esters is 1. The topological polar surface area (TPSA) is 129 Å². The molecular formula is C19H25N5O4S2. The number of carbonyl (C=O) groups excluding carboxylic acids is 3. The van der Waals surface area contributed by atoms with E-state index in [-0.39, 0.29) is 27.1 Å². The number of thioether (sulfide) groups is 1. The minimum Gasteiger partial charge on any atom is -0.465 e. The highest BCUT2D eigenvalue weighted by Gasteiger charge is 2.26. The van der Waals surface area contributed by atoms with E-state index >= 15 is 0 Å². The van der Waals surface area contributed by atoms with E-state index in [9.17, 15) is 14.4 Å². The van der Waals surface area contributed by atoms with Crippen molar-refractivity contribution in [3.8, 4) is 0 Å². The van der Waals surface area contributed by atoms with Crippen LogP contribution in [-0.2, 0) is 16.1 Å². The zero-order chi connectivity index (χ0) is 21.8. The van der Waals surface area contributed by atoms with Crippen molar-refractivity contribution in [3.63, 3.8) is 0 Å². The van der Waals surface area contributed by atoms with E-state index < -0.39 is 11.9 Å². The third-order valence-electron chi connectivity index (χ3n) is 5.13. The second-order valence-electron chi connectivity index (χ2n) is 7.02. The molecule has 2 amide bonds. The number of nitrogens with zero attached hydrogens (tertiary/aromatic N) is 3. The smallest absolute Gasteiger partial charge is 0.341 e. The molecule has 2 aromatic heterocycles. The van der Waals surface area contributed by atoms with Crippen LogP contribution in [-0.4, -0.2) is 45.4 Å². The van der Waals surface area contributed by atoms with Gasteiger partial charge in [-0.25, -0.2) is 4.79 Å². The van der Waals surface area contributed by atoms with Gasteiger partial charge in [-0.1, -0.05) is 24.6 Å². The summed E-state index contributed by atoms with van der Waals surface area (Å²) in [6, 6.07) is 0. The molecule has 9 nitrogen and oxygen atoms in total. The summed E-state index contributed by atoms with van der Waals surface area (Å²) in [6.07, 6.45) is 4.67. The van der Waals surface area contributed by atoms with Crippen LogP contribution in [0.15, 0.2) is 5.16 Å². The highest BCUT2D eigenvalue weighted by Crippen LogP contribution is 2.35. The van der Waals surface area contributed by atoms with Crippen LogP contribution in [0.1, 0.15) is 69.9 Å². The van der Waals surface area contributed by atoms with E-state index in [1.165, 1.54) is 31.7 Å². The fraction of sp³-hybridized carbons (Fsp3) is 0.526. The third-order valence-corrected chi connectivity index (χ3v) is 7.32. The van der Waals surface area contributed by atoms with E-state index in [2.05, 4.69) is 20.1 Å². The number of methoxy groups -OCH3 is 1. The highest BCUT2D eigenvalue weighted by molar-refractivity contribution is 7.99. The van der Waals surface area contributed by atoms with Gasteiger partial charge in [-0.3, -0.25) is 9.59 Å². The SMILES string of the molecule is CCn1c(SCC(=O)Nc2sc(C(N)=O)c(C)c2C(=O)OC)nnc1C1CCCC1. The number of hydrogen-bond acceptors (Lipinski definition) is 8.